The van der Waals surface area contributed by atoms with Crippen LogP contribution in [0.2, 0.25) is 0 Å². The van der Waals surface area contributed by atoms with Crippen LogP contribution in [0.5, 0.6) is 5.75 Å². The smallest absolute Gasteiger partial charge is 0.127 e. The van der Waals surface area contributed by atoms with Crippen LogP contribution in [-0.4, -0.2) is 29.6 Å². The Labute approximate surface area is 107 Å². The van der Waals surface area contributed by atoms with Crippen molar-refractivity contribution in [1.82, 2.24) is 4.90 Å². The molecule has 0 radical (unpaired) electrons. The Hall–Kier alpha value is -1.09. The van der Waals surface area contributed by atoms with Gasteiger partial charge in [0.05, 0.1) is 0 Å². The molecule has 1 aromatic carbocycles. The van der Waals surface area contributed by atoms with Crippen molar-refractivity contribution in [3.63, 3.8) is 0 Å². The Morgan fingerprint density at radius 2 is 1.83 bits per heavy atom. The Kier molecular flexibility index (Phi) is 3.25. The molecule has 3 heteroatoms. The summed E-state index contributed by atoms with van der Waals surface area (Å²) in [6.07, 6.45) is 4.96. The maximum Gasteiger partial charge on any atom is 0.127 e. The molecule has 2 aliphatic rings. The third-order valence-electron chi connectivity index (χ3n) is 4.18. The minimum Gasteiger partial charge on any atom is -0.508 e. The van der Waals surface area contributed by atoms with E-state index < -0.39 is 0 Å². The fourth-order valence-corrected chi connectivity index (χ4v) is 2.95. The third-order valence-corrected chi connectivity index (χ3v) is 4.18. The number of piperidine rings is 1. The summed E-state index contributed by atoms with van der Waals surface area (Å²) >= 11 is 0. The fraction of sp³-hybridized carbons (Fsp3) is 0.600. The zero-order valence-electron chi connectivity index (χ0n) is 10.6. The second-order valence-electron chi connectivity index (χ2n) is 5.76. The average Bonchev–Trinajstić information content (AvgIpc) is 3.12. The second-order valence-corrected chi connectivity index (χ2v) is 5.76. The summed E-state index contributed by atoms with van der Waals surface area (Å²) in [7, 11) is 0. The molecule has 98 valence electrons. The van der Waals surface area contributed by atoms with Crippen molar-refractivity contribution in [2.24, 2.45) is 5.92 Å². The summed E-state index contributed by atoms with van der Waals surface area (Å²) in [5, 5.41) is 9.45. The molecule has 1 aromatic rings. The first-order valence-electron chi connectivity index (χ1n) is 6.92. The van der Waals surface area contributed by atoms with Crippen molar-refractivity contribution >= 4 is 0 Å². The molecular weight excluding hydrogens is 229 g/mol. The molecule has 1 heterocycles. The number of benzene rings is 1. The molecule has 0 bridgehead atoms. The predicted molar refractivity (Wildman–Crippen MR) is 69.2 cm³/mol. The predicted octanol–water partition coefficient (Wildman–Crippen LogP) is 3.12. The molecule has 0 atom stereocenters. The average molecular weight is 249 g/mol. The summed E-state index contributed by atoms with van der Waals surface area (Å²) in [4.78, 5) is 2.54. The van der Waals surface area contributed by atoms with Crippen LogP contribution in [0.4, 0.5) is 4.39 Å². The van der Waals surface area contributed by atoms with Crippen molar-refractivity contribution in [2.45, 2.75) is 31.6 Å². The fourth-order valence-electron chi connectivity index (χ4n) is 2.95. The number of hydrogen-bond acceptors (Lipinski definition) is 2. The second kappa shape index (κ2) is 4.88. The van der Waals surface area contributed by atoms with Crippen molar-refractivity contribution < 1.29 is 9.50 Å². The summed E-state index contributed by atoms with van der Waals surface area (Å²) in [6, 6.07) is 4.46. The van der Waals surface area contributed by atoms with Gasteiger partial charge in [-0.3, -0.25) is 0 Å². The minimum absolute atomic E-state index is 0.0467. The van der Waals surface area contributed by atoms with Gasteiger partial charge in [-0.05, 0) is 68.3 Å². The first kappa shape index (κ1) is 12.0. The molecule has 1 aliphatic carbocycles. The third kappa shape index (κ3) is 2.83. The standard InChI is InChI=1S/C15H20FNO/c16-14-7-13(8-15(18)9-14)12-3-5-17(6-4-12)10-11-1-2-11/h7-9,11-12,18H,1-6,10H2. The molecule has 1 saturated heterocycles. The van der Waals surface area contributed by atoms with Crippen LogP contribution in [0.1, 0.15) is 37.2 Å². The van der Waals surface area contributed by atoms with E-state index in [-0.39, 0.29) is 11.6 Å². The van der Waals surface area contributed by atoms with Gasteiger partial charge < -0.3 is 10.0 Å². The highest BCUT2D eigenvalue weighted by molar-refractivity contribution is 5.31. The van der Waals surface area contributed by atoms with E-state index in [2.05, 4.69) is 4.90 Å². The van der Waals surface area contributed by atoms with Crippen LogP contribution in [-0.2, 0) is 0 Å². The monoisotopic (exact) mass is 249 g/mol. The molecule has 0 aromatic heterocycles. The van der Waals surface area contributed by atoms with Crippen LogP contribution in [0, 0.1) is 11.7 Å². The molecule has 18 heavy (non-hydrogen) atoms. The summed E-state index contributed by atoms with van der Waals surface area (Å²) in [5.41, 5.74) is 0.957. The zero-order chi connectivity index (χ0) is 12.5. The van der Waals surface area contributed by atoms with Crippen LogP contribution in [0.15, 0.2) is 18.2 Å². The number of likely N-dealkylation sites (tertiary alicyclic amines) is 1. The van der Waals surface area contributed by atoms with Gasteiger partial charge in [-0.15, -0.1) is 0 Å². The van der Waals surface area contributed by atoms with Gasteiger partial charge in [-0.1, -0.05) is 0 Å². The Bertz CT molecular complexity index is 402. The summed E-state index contributed by atoms with van der Waals surface area (Å²) in [6.45, 7) is 3.47. The van der Waals surface area contributed by atoms with Crippen LogP contribution in [0.25, 0.3) is 0 Å². The molecule has 1 N–H and O–H groups in total. The summed E-state index contributed by atoms with van der Waals surface area (Å²) < 4.78 is 13.3. The first-order valence-corrected chi connectivity index (χ1v) is 6.92. The first-order chi connectivity index (χ1) is 8.70. The van der Waals surface area contributed by atoms with E-state index in [4.69, 9.17) is 0 Å². The lowest BCUT2D eigenvalue weighted by atomic mass is 9.89. The van der Waals surface area contributed by atoms with E-state index in [0.717, 1.165) is 37.4 Å². The molecule has 0 amide bonds. The van der Waals surface area contributed by atoms with Gasteiger partial charge in [-0.2, -0.15) is 0 Å². The highest BCUT2D eigenvalue weighted by Crippen LogP contribution is 2.34. The number of phenols is 1. The lowest BCUT2D eigenvalue weighted by Crippen LogP contribution is -2.34. The minimum atomic E-state index is -0.328. The van der Waals surface area contributed by atoms with Gasteiger partial charge in [0.2, 0.25) is 0 Å². The van der Waals surface area contributed by atoms with Crippen LogP contribution < -0.4 is 0 Å². The van der Waals surface area contributed by atoms with E-state index in [1.165, 1.54) is 25.5 Å². The lowest BCUT2D eigenvalue weighted by Gasteiger charge is -2.32. The zero-order valence-corrected chi connectivity index (χ0v) is 10.6. The molecule has 1 aliphatic heterocycles. The normalized spacial score (nSPS) is 22.3. The highest BCUT2D eigenvalue weighted by atomic mass is 19.1. The Morgan fingerprint density at radius 3 is 2.44 bits per heavy atom. The van der Waals surface area contributed by atoms with Crippen LogP contribution >= 0.6 is 0 Å². The van der Waals surface area contributed by atoms with Crippen molar-refractivity contribution in [3.8, 4) is 5.75 Å². The van der Waals surface area contributed by atoms with E-state index in [1.54, 1.807) is 12.1 Å². The molecule has 0 unspecified atom stereocenters. The van der Waals surface area contributed by atoms with E-state index in [1.807, 2.05) is 0 Å². The van der Waals surface area contributed by atoms with Gasteiger partial charge in [-0.25, -0.2) is 4.39 Å². The Morgan fingerprint density at radius 1 is 1.11 bits per heavy atom. The molecule has 3 rings (SSSR count). The molecule has 2 fully saturated rings. The SMILES string of the molecule is Oc1cc(F)cc(C2CCN(CC3CC3)CC2)c1. The van der Waals surface area contributed by atoms with Crippen molar-refractivity contribution in [2.75, 3.05) is 19.6 Å². The van der Waals surface area contributed by atoms with E-state index in [0.29, 0.717) is 5.92 Å². The van der Waals surface area contributed by atoms with Gasteiger partial charge in [0, 0.05) is 12.6 Å². The van der Waals surface area contributed by atoms with Gasteiger partial charge in [0.25, 0.3) is 0 Å². The number of phenolic OH excluding ortho intramolecular Hbond substituents is 1. The molecule has 2 nitrogen and oxygen atoms in total. The molecular formula is C15H20FNO. The maximum absolute atomic E-state index is 13.3. The number of halogens is 1. The Balaban J connectivity index is 1.60. The van der Waals surface area contributed by atoms with E-state index in [9.17, 15) is 9.50 Å². The van der Waals surface area contributed by atoms with Gasteiger partial charge >= 0.3 is 0 Å². The maximum atomic E-state index is 13.3. The van der Waals surface area contributed by atoms with Gasteiger partial charge in [0.15, 0.2) is 0 Å². The number of aromatic hydroxyl groups is 1. The largest absolute Gasteiger partial charge is 0.508 e. The quantitative estimate of drug-likeness (QED) is 0.889. The molecule has 1 saturated carbocycles. The highest BCUT2D eigenvalue weighted by Gasteiger charge is 2.27. The van der Waals surface area contributed by atoms with E-state index >= 15 is 0 Å². The van der Waals surface area contributed by atoms with Crippen LogP contribution in [0.3, 0.4) is 0 Å². The number of hydrogen-bond donors (Lipinski definition) is 1. The number of rotatable bonds is 3. The topological polar surface area (TPSA) is 23.5 Å². The number of nitrogens with zero attached hydrogens (tertiary/aromatic N) is 1. The van der Waals surface area contributed by atoms with Crippen molar-refractivity contribution in [1.29, 1.82) is 0 Å². The summed E-state index contributed by atoms with van der Waals surface area (Å²) in [5.74, 6) is 1.07. The lowest BCUT2D eigenvalue weighted by molar-refractivity contribution is 0.204. The molecule has 0 spiro atoms. The van der Waals surface area contributed by atoms with Crippen molar-refractivity contribution in [3.05, 3.63) is 29.6 Å². The van der Waals surface area contributed by atoms with Gasteiger partial charge in [0.1, 0.15) is 11.6 Å².